The van der Waals surface area contributed by atoms with Gasteiger partial charge in [-0.15, -0.1) is 0 Å². The Morgan fingerprint density at radius 1 is 1.17 bits per heavy atom. The molecule has 2 nitrogen and oxygen atoms in total. The summed E-state index contributed by atoms with van der Waals surface area (Å²) in [6.45, 7) is 6.81. The van der Waals surface area contributed by atoms with Gasteiger partial charge in [-0.3, -0.25) is 4.79 Å². The molecule has 3 heteroatoms. The fourth-order valence-corrected chi connectivity index (χ4v) is 2.10. The highest BCUT2D eigenvalue weighted by atomic mass is 35.5. The summed E-state index contributed by atoms with van der Waals surface area (Å²) in [7, 11) is 0. The van der Waals surface area contributed by atoms with Crippen molar-refractivity contribution in [2.75, 3.05) is 6.61 Å². The van der Waals surface area contributed by atoms with Crippen LogP contribution >= 0.6 is 11.6 Å². The molecular weight excluding hydrogens is 248 g/mol. The normalized spacial score (nSPS) is 10.4. The van der Waals surface area contributed by atoms with Crippen LogP contribution in [-0.2, 0) is 0 Å². The van der Waals surface area contributed by atoms with E-state index in [9.17, 15) is 4.79 Å². The van der Waals surface area contributed by atoms with Crippen molar-refractivity contribution < 1.29 is 9.53 Å². The van der Waals surface area contributed by atoms with Crippen LogP contribution in [0.25, 0.3) is 0 Å². The van der Waals surface area contributed by atoms with Gasteiger partial charge in [0.2, 0.25) is 0 Å². The molecule has 0 saturated carbocycles. The summed E-state index contributed by atoms with van der Waals surface area (Å²) in [6, 6.07) is 3.56. The number of benzene rings is 1. The molecule has 0 aliphatic carbocycles. The smallest absolute Gasteiger partial charge is 0.252 e. The molecule has 0 atom stereocenters. The van der Waals surface area contributed by atoms with Gasteiger partial charge in [-0.2, -0.15) is 0 Å². The minimum Gasteiger partial charge on any atom is -0.493 e. The molecule has 0 N–H and O–H groups in total. The zero-order chi connectivity index (χ0) is 13.5. The number of carbonyl (C=O) groups excluding carboxylic acids is 1. The highest BCUT2D eigenvalue weighted by molar-refractivity contribution is 6.67. The van der Waals surface area contributed by atoms with Gasteiger partial charge in [0.05, 0.1) is 6.61 Å². The number of hydrogen-bond acceptors (Lipinski definition) is 2. The topological polar surface area (TPSA) is 26.3 Å². The van der Waals surface area contributed by atoms with E-state index in [1.807, 2.05) is 13.8 Å². The maximum absolute atomic E-state index is 11.1. The third-order valence-corrected chi connectivity index (χ3v) is 3.15. The van der Waals surface area contributed by atoms with Gasteiger partial charge in [-0.25, -0.2) is 0 Å². The summed E-state index contributed by atoms with van der Waals surface area (Å²) in [5.74, 6) is 0.883. The van der Waals surface area contributed by atoms with Gasteiger partial charge >= 0.3 is 0 Å². The molecule has 0 bridgehead atoms. The van der Waals surface area contributed by atoms with Crippen LogP contribution in [0.15, 0.2) is 12.1 Å². The van der Waals surface area contributed by atoms with E-state index in [-0.39, 0.29) is 0 Å². The average molecular weight is 269 g/mol. The zero-order valence-electron chi connectivity index (χ0n) is 11.4. The second-order valence-electron chi connectivity index (χ2n) is 4.62. The second-order valence-corrected chi connectivity index (χ2v) is 4.97. The van der Waals surface area contributed by atoms with Crippen LogP contribution in [0, 0.1) is 13.8 Å². The van der Waals surface area contributed by atoms with Crippen molar-refractivity contribution in [1.82, 2.24) is 0 Å². The fraction of sp³-hybridized carbons (Fsp3) is 0.533. The molecule has 100 valence electrons. The lowest BCUT2D eigenvalue weighted by atomic mass is 10.1. The number of halogens is 1. The Balaban J connectivity index is 2.63. The van der Waals surface area contributed by atoms with Gasteiger partial charge in [-0.1, -0.05) is 26.2 Å². The molecule has 0 radical (unpaired) electrons. The van der Waals surface area contributed by atoms with Crippen molar-refractivity contribution in [1.29, 1.82) is 0 Å². The number of unbranched alkanes of at least 4 members (excludes halogenated alkanes) is 3. The molecule has 0 heterocycles. The Labute approximate surface area is 114 Å². The predicted octanol–water partition coefficient (Wildman–Crippen LogP) is 4.64. The lowest BCUT2D eigenvalue weighted by Gasteiger charge is -2.13. The number of rotatable bonds is 7. The quantitative estimate of drug-likeness (QED) is 0.532. The Morgan fingerprint density at radius 3 is 2.28 bits per heavy atom. The number of carbonyl (C=O) groups is 1. The molecule has 1 aromatic rings. The summed E-state index contributed by atoms with van der Waals surface area (Å²) in [4.78, 5) is 11.1. The van der Waals surface area contributed by atoms with Crippen molar-refractivity contribution in [2.45, 2.75) is 46.5 Å². The van der Waals surface area contributed by atoms with Gasteiger partial charge in [0.1, 0.15) is 5.75 Å². The third-order valence-electron chi connectivity index (χ3n) is 2.93. The summed E-state index contributed by atoms with van der Waals surface area (Å²) < 4.78 is 5.79. The summed E-state index contributed by atoms with van der Waals surface area (Å²) >= 11 is 5.48. The molecule has 0 spiro atoms. The molecule has 0 unspecified atom stereocenters. The molecule has 0 aliphatic rings. The van der Waals surface area contributed by atoms with Gasteiger partial charge in [0, 0.05) is 5.56 Å². The van der Waals surface area contributed by atoms with Crippen LogP contribution in [0.2, 0.25) is 0 Å². The Kier molecular flexibility index (Phi) is 6.20. The Morgan fingerprint density at radius 2 is 1.78 bits per heavy atom. The van der Waals surface area contributed by atoms with Gasteiger partial charge in [0.25, 0.3) is 5.24 Å². The molecule has 0 saturated heterocycles. The van der Waals surface area contributed by atoms with E-state index in [2.05, 4.69) is 6.92 Å². The van der Waals surface area contributed by atoms with E-state index >= 15 is 0 Å². The number of ether oxygens (including phenoxy) is 1. The number of aryl methyl sites for hydroxylation is 2. The second kappa shape index (κ2) is 7.42. The zero-order valence-corrected chi connectivity index (χ0v) is 12.1. The van der Waals surface area contributed by atoms with Crippen LogP contribution < -0.4 is 4.74 Å². The van der Waals surface area contributed by atoms with Gasteiger partial charge in [0.15, 0.2) is 0 Å². The van der Waals surface area contributed by atoms with Gasteiger partial charge in [-0.05, 0) is 55.1 Å². The molecular formula is C15H21ClO2. The monoisotopic (exact) mass is 268 g/mol. The standard InChI is InChI=1S/C15H21ClO2/c1-4-5-6-7-8-18-14-11(2)9-13(15(16)17)10-12(14)3/h9-10H,4-8H2,1-3H3. The highest BCUT2D eigenvalue weighted by Crippen LogP contribution is 2.25. The summed E-state index contributed by atoms with van der Waals surface area (Å²) in [5.41, 5.74) is 2.47. The lowest BCUT2D eigenvalue weighted by molar-refractivity contribution is 0.108. The lowest BCUT2D eigenvalue weighted by Crippen LogP contribution is -2.02. The van der Waals surface area contributed by atoms with Crippen LogP contribution in [0.4, 0.5) is 0 Å². The van der Waals surface area contributed by atoms with E-state index < -0.39 is 5.24 Å². The first kappa shape index (κ1) is 15.0. The molecule has 18 heavy (non-hydrogen) atoms. The van der Waals surface area contributed by atoms with Crippen molar-refractivity contribution in [3.05, 3.63) is 28.8 Å². The highest BCUT2D eigenvalue weighted by Gasteiger charge is 2.09. The minimum atomic E-state index is -0.421. The Bertz CT molecular complexity index is 390. The molecule has 0 fully saturated rings. The first-order chi connectivity index (χ1) is 8.56. The van der Waals surface area contributed by atoms with E-state index in [4.69, 9.17) is 16.3 Å². The van der Waals surface area contributed by atoms with Crippen LogP contribution in [0.5, 0.6) is 5.75 Å². The molecule has 0 aromatic heterocycles. The van der Waals surface area contributed by atoms with E-state index in [0.717, 1.165) is 29.9 Å². The van der Waals surface area contributed by atoms with Gasteiger partial charge < -0.3 is 4.74 Å². The SMILES string of the molecule is CCCCCCOc1c(C)cc(C(=O)Cl)cc1C. The molecule has 0 amide bonds. The van der Waals surface area contributed by atoms with Crippen LogP contribution in [0.1, 0.15) is 54.1 Å². The fourth-order valence-electron chi connectivity index (χ4n) is 1.99. The van der Waals surface area contributed by atoms with Crippen LogP contribution in [-0.4, -0.2) is 11.8 Å². The van der Waals surface area contributed by atoms with Crippen molar-refractivity contribution in [3.63, 3.8) is 0 Å². The first-order valence-corrected chi connectivity index (χ1v) is 6.88. The predicted molar refractivity (Wildman–Crippen MR) is 75.7 cm³/mol. The largest absolute Gasteiger partial charge is 0.493 e. The van der Waals surface area contributed by atoms with Crippen molar-refractivity contribution >= 4 is 16.8 Å². The van der Waals surface area contributed by atoms with Crippen LogP contribution in [0.3, 0.4) is 0 Å². The van der Waals surface area contributed by atoms with E-state index in [1.54, 1.807) is 12.1 Å². The summed E-state index contributed by atoms with van der Waals surface area (Å²) in [6.07, 6.45) is 4.75. The van der Waals surface area contributed by atoms with E-state index in [1.165, 1.54) is 19.3 Å². The van der Waals surface area contributed by atoms with E-state index in [0.29, 0.717) is 5.56 Å². The minimum absolute atomic E-state index is 0.421. The maximum Gasteiger partial charge on any atom is 0.252 e. The molecule has 0 aliphatic heterocycles. The van der Waals surface area contributed by atoms with Crippen molar-refractivity contribution in [2.24, 2.45) is 0 Å². The first-order valence-electron chi connectivity index (χ1n) is 6.50. The number of hydrogen-bond donors (Lipinski definition) is 0. The van der Waals surface area contributed by atoms with Crippen molar-refractivity contribution in [3.8, 4) is 5.75 Å². The molecule has 1 aromatic carbocycles. The maximum atomic E-state index is 11.1. The average Bonchev–Trinajstić information content (AvgIpc) is 2.31. The third kappa shape index (κ3) is 4.34. The summed E-state index contributed by atoms with van der Waals surface area (Å²) in [5, 5.41) is -0.421. The molecule has 1 rings (SSSR count). The Hall–Kier alpha value is -1.02.